The predicted molar refractivity (Wildman–Crippen MR) is 103 cm³/mol. The molecule has 3 heterocycles. The lowest BCUT2D eigenvalue weighted by Gasteiger charge is -1.99. The number of aromatic nitrogens is 1. The summed E-state index contributed by atoms with van der Waals surface area (Å²) < 4.78 is 0. The molecular weight excluding hydrogens is 330 g/mol. The topological polar surface area (TPSA) is 68.0 Å². The Kier molecular flexibility index (Phi) is 3.86. The largest absolute Gasteiger partial charge is 0.397 e. The van der Waals surface area contributed by atoms with Gasteiger partial charge in [-0.3, -0.25) is 4.79 Å². The van der Waals surface area contributed by atoms with Gasteiger partial charge >= 0.3 is 0 Å². The van der Waals surface area contributed by atoms with E-state index in [0.29, 0.717) is 17.1 Å². The van der Waals surface area contributed by atoms with Gasteiger partial charge in [0.15, 0.2) is 0 Å². The first-order valence-corrected chi connectivity index (χ1v) is 8.84. The molecule has 1 amide bonds. The molecule has 0 bridgehead atoms. The first kappa shape index (κ1) is 15.6. The number of hydrogen-bond donors (Lipinski definition) is 2. The summed E-state index contributed by atoms with van der Waals surface area (Å²) in [5.41, 5.74) is 10.2. The van der Waals surface area contributed by atoms with Gasteiger partial charge in [-0.15, -0.1) is 11.3 Å². The smallest absolute Gasteiger partial charge is 0.257 e. The number of anilines is 2. The van der Waals surface area contributed by atoms with Crippen molar-refractivity contribution in [2.24, 2.45) is 0 Å². The van der Waals surface area contributed by atoms with Crippen LogP contribution in [-0.4, -0.2) is 10.9 Å². The first-order valence-electron chi connectivity index (χ1n) is 8.02. The number of rotatable bonds is 3. The fourth-order valence-electron chi connectivity index (χ4n) is 2.95. The molecular formula is C20H17N3OS. The molecule has 0 unspecified atom stereocenters. The Labute approximate surface area is 150 Å². The van der Waals surface area contributed by atoms with E-state index in [1.807, 2.05) is 12.1 Å². The highest BCUT2D eigenvalue weighted by atomic mass is 32.1. The van der Waals surface area contributed by atoms with Gasteiger partial charge in [0.05, 0.1) is 17.5 Å². The third-order valence-electron chi connectivity index (χ3n) is 4.18. The Morgan fingerprint density at radius 3 is 2.84 bits per heavy atom. The molecule has 0 spiro atoms. The quantitative estimate of drug-likeness (QED) is 0.700. The summed E-state index contributed by atoms with van der Waals surface area (Å²) in [6, 6.07) is 14.4. The lowest BCUT2D eigenvalue weighted by molar-refractivity contribution is -0.110. The number of amides is 1. The summed E-state index contributed by atoms with van der Waals surface area (Å²) >= 11 is 1.71. The van der Waals surface area contributed by atoms with E-state index in [0.717, 1.165) is 16.9 Å². The molecule has 0 radical (unpaired) electrons. The molecule has 3 aromatic rings. The molecule has 0 fully saturated rings. The van der Waals surface area contributed by atoms with Crippen molar-refractivity contribution in [1.82, 2.24) is 4.98 Å². The van der Waals surface area contributed by atoms with E-state index in [2.05, 4.69) is 47.6 Å². The van der Waals surface area contributed by atoms with Gasteiger partial charge in [0.2, 0.25) is 0 Å². The standard InChI is InChI=1S/C20H17N3OS/c1-12-7-15(8-13-5-3-2-4-6-13)25-18(12)10-17-16-9-14(21)11-22-19(16)23-20(17)24/h2-7,9-11H,8,21H2,1H3,(H,22,23,24). The number of carbonyl (C=O) groups is 1. The van der Waals surface area contributed by atoms with Crippen LogP contribution in [0, 0.1) is 6.92 Å². The van der Waals surface area contributed by atoms with E-state index in [1.165, 1.54) is 16.0 Å². The van der Waals surface area contributed by atoms with Crippen molar-refractivity contribution in [3.8, 4) is 0 Å². The molecule has 0 saturated carbocycles. The van der Waals surface area contributed by atoms with E-state index in [-0.39, 0.29) is 5.91 Å². The minimum Gasteiger partial charge on any atom is -0.397 e. The molecule has 124 valence electrons. The van der Waals surface area contributed by atoms with Gasteiger partial charge in [-0.05, 0) is 36.3 Å². The highest BCUT2D eigenvalue weighted by molar-refractivity contribution is 7.13. The number of pyridine rings is 1. The average Bonchev–Trinajstić information content (AvgIpc) is 3.09. The molecule has 0 aliphatic carbocycles. The molecule has 5 heteroatoms. The number of fused-ring (bicyclic) bond motifs is 1. The fourth-order valence-corrected chi connectivity index (χ4v) is 4.10. The minimum atomic E-state index is -0.134. The second-order valence-corrected chi connectivity index (χ2v) is 7.27. The van der Waals surface area contributed by atoms with Gasteiger partial charge in [0.25, 0.3) is 5.91 Å². The van der Waals surface area contributed by atoms with Crippen LogP contribution in [0.4, 0.5) is 11.5 Å². The molecule has 4 rings (SSSR count). The van der Waals surface area contributed by atoms with E-state index in [1.54, 1.807) is 23.6 Å². The van der Waals surface area contributed by atoms with Crippen molar-refractivity contribution in [2.45, 2.75) is 13.3 Å². The van der Waals surface area contributed by atoms with Crippen molar-refractivity contribution >= 4 is 40.4 Å². The zero-order valence-electron chi connectivity index (χ0n) is 13.7. The number of thiophene rings is 1. The SMILES string of the molecule is Cc1cc(Cc2ccccc2)sc1C=C1C(=O)Nc2ncc(N)cc21. The van der Waals surface area contributed by atoms with Gasteiger partial charge in [0.1, 0.15) is 5.82 Å². The maximum Gasteiger partial charge on any atom is 0.257 e. The van der Waals surface area contributed by atoms with Crippen LogP contribution >= 0.6 is 11.3 Å². The second kappa shape index (κ2) is 6.18. The molecule has 0 atom stereocenters. The molecule has 1 aliphatic heterocycles. The molecule has 1 aliphatic rings. The summed E-state index contributed by atoms with van der Waals surface area (Å²) in [5.74, 6) is 0.440. The van der Waals surface area contributed by atoms with E-state index in [9.17, 15) is 4.79 Å². The van der Waals surface area contributed by atoms with E-state index < -0.39 is 0 Å². The molecule has 25 heavy (non-hydrogen) atoms. The number of carbonyl (C=O) groups excluding carboxylic acids is 1. The second-order valence-electron chi connectivity index (χ2n) is 6.10. The van der Waals surface area contributed by atoms with E-state index >= 15 is 0 Å². The normalized spacial score (nSPS) is 14.6. The fraction of sp³-hybridized carbons (Fsp3) is 0.100. The Hall–Kier alpha value is -2.92. The van der Waals surface area contributed by atoms with Crippen LogP contribution < -0.4 is 11.1 Å². The number of nitrogens with two attached hydrogens (primary N) is 1. The van der Waals surface area contributed by atoms with Gasteiger partial charge in [-0.2, -0.15) is 0 Å². The Balaban J connectivity index is 1.68. The summed E-state index contributed by atoms with van der Waals surface area (Å²) in [6.45, 7) is 2.07. The lowest BCUT2D eigenvalue weighted by atomic mass is 10.1. The van der Waals surface area contributed by atoms with Crippen molar-refractivity contribution in [3.63, 3.8) is 0 Å². The van der Waals surface area contributed by atoms with Crippen LogP contribution in [0.25, 0.3) is 11.6 Å². The number of aryl methyl sites for hydroxylation is 1. The Morgan fingerprint density at radius 2 is 2.04 bits per heavy atom. The van der Waals surface area contributed by atoms with Gasteiger partial charge in [-0.25, -0.2) is 4.98 Å². The Bertz CT molecular complexity index is 989. The molecule has 0 saturated heterocycles. The number of nitrogens with one attached hydrogen (secondary N) is 1. The first-order chi connectivity index (χ1) is 12.1. The van der Waals surface area contributed by atoms with Crippen molar-refractivity contribution in [1.29, 1.82) is 0 Å². The van der Waals surface area contributed by atoms with Crippen LogP contribution in [0.15, 0.2) is 48.7 Å². The number of benzene rings is 1. The van der Waals surface area contributed by atoms with Crippen LogP contribution in [0.5, 0.6) is 0 Å². The lowest BCUT2D eigenvalue weighted by Crippen LogP contribution is -2.04. The molecule has 3 N–H and O–H groups in total. The minimum absolute atomic E-state index is 0.134. The van der Waals surface area contributed by atoms with Gasteiger partial charge in [0, 0.05) is 21.7 Å². The van der Waals surface area contributed by atoms with Crippen LogP contribution in [-0.2, 0) is 11.2 Å². The Morgan fingerprint density at radius 1 is 1.24 bits per heavy atom. The summed E-state index contributed by atoms with van der Waals surface area (Å²) in [6.07, 6.45) is 4.39. The highest BCUT2D eigenvalue weighted by Gasteiger charge is 2.26. The highest BCUT2D eigenvalue weighted by Crippen LogP contribution is 2.35. The van der Waals surface area contributed by atoms with Gasteiger partial charge in [-0.1, -0.05) is 30.3 Å². The maximum atomic E-state index is 12.3. The van der Waals surface area contributed by atoms with Crippen LogP contribution in [0.1, 0.15) is 26.4 Å². The van der Waals surface area contributed by atoms with Crippen LogP contribution in [0.2, 0.25) is 0 Å². The monoisotopic (exact) mass is 347 g/mol. The number of nitrogen functional groups attached to an aromatic ring is 1. The van der Waals surface area contributed by atoms with Crippen LogP contribution in [0.3, 0.4) is 0 Å². The summed E-state index contributed by atoms with van der Waals surface area (Å²) in [7, 11) is 0. The number of nitrogens with zero attached hydrogens (tertiary/aromatic N) is 1. The van der Waals surface area contributed by atoms with Crippen molar-refractivity contribution in [3.05, 3.63) is 75.1 Å². The maximum absolute atomic E-state index is 12.3. The number of hydrogen-bond acceptors (Lipinski definition) is 4. The van der Waals surface area contributed by atoms with Crippen molar-refractivity contribution < 1.29 is 4.79 Å². The molecule has 1 aromatic carbocycles. The predicted octanol–water partition coefficient (Wildman–Crippen LogP) is 4.12. The van der Waals surface area contributed by atoms with Crippen molar-refractivity contribution in [2.75, 3.05) is 11.1 Å². The van der Waals surface area contributed by atoms with Gasteiger partial charge < -0.3 is 11.1 Å². The molecule has 4 nitrogen and oxygen atoms in total. The zero-order valence-corrected chi connectivity index (χ0v) is 14.6. The third-order valence-corrected chi connectivity index (χ3v) is 5.36. The molecule has 2 aromatic heterocycles. The zero-order chi connectivity index (χ0) is 17.4. The van der Waals surface area contributed by atoms with E-state index in [4.69, 9.17) is 5.73 Å². The summed E-state index contributed by atoms with van der Waals surface area (Å²) in [4.78, 5) is 18.9. The average molecular weight is 347 g/mol. The third kappa shape index (κ3) is 3.06. The summed E-state index contributed by atoms with van der Waals surface area (Å²) in [5, 5.41) is 2.79.